The first-order valence-corrected chi connectivity index (χ1v) is 7.62. The second-order valence-corrected chi connectivity index (χ2v) is 6.55. The molecule has 1 atom stereocenters. The summed E-state index contributed by atoms with van der Waals surface area (Å²) in [5.74, 6) is 0. The zero-order chi connectivity index (χ0) is 12.5. The lowest BCUT2D eigenvalue weighted by Gasteiger charge is -2.10. The van der Waals surface area contributed by atoms with Crippen molar-refractivity contribution in [1.82, 2.24) is 4.98 Å². The van der Waals surface area contributed by atoms with Gasteiger partial charge in [0.05, 0.1) is 5.02 Å². The summed E-state index contributed by atoms with van der Waals surface area (Å²) in [6, 6.07) is 6.25. The van der Waals surface area contributed by atoms with Crippen molar-refractivity contribution in [3.8, 4) is 0 Å². The molecule has 0 fully saturated rings. The van der Waals surface area contributed by atoms with Gasteiger partial charge in [-0.1, -0.05) is 11.6 Å². The van der Waals surface area contributed by atoms with E-state index in [0.717, 1.165) is 12.0 Å². The van der Waals surface area contributed by atoms with E-state index >= 15 is 0 Å². The average molecular weight is 295 g/mol. The van der Waals surface area contributed by atoms with Crippen molar-refractivity contribution in [2.45, 2.75) is 12.5 Å². The number of halogens is 1. The number of hydrogen-bond acceptors (Lipinski definition) is 4. The summed E-state index contributed by atoms with van der Waals surface area (Å²) in [5, 5.41) is 2.79. The summed E-state index contributed by atoms with van der Waals surface area (Å²) in [6.45, 7) is 0. The van der Waals surface area contributed by atoms with Gasteiger partial charge < -0.3 is 5.73 Å². The number of rotatable bonds is 3. The Labute approximate surface area is 118 Å². The normalized spacial score (nSPS) is 13.0. The smallest absolute Gasteiger partial charge is 0.0622 e. The van der Waals surface area contributed by atoms with Crippen molar-refractivity contribution in [2.24, 2.45) is 5.73 Å². The van der Waals surface area contributed by atoms with Gasteiger partial charge in [0.25, 0.3) is 0 Å². The molecule has 1 unspecified atom stereocenters. The molecule has 2 N–H and O–H groups in total. The first-order chi connectivity index (χ1) is 8.74. The predicted molar refractivity (Wildman–Crippen MR) is 79.6 cm³/mol. The van der Waals surface area contributed by atoms with Crippen molar-refractivity contribution in [3.63, 3.8) is 0 Å². The van der Waals surface area contributed by atoms with Crippen LogP contribution in [0.1, 0.15) is 16.5 Å². The van der Waals surface area contributed by atoms with Crippen LogP contribution in [0.3, 0.4) is 0 Å². The highest BCUT2D eigenvalue weighted by Gasteiger charge is 2.13. The maximum Gasteiger partial charge on any atom is 0.0622 e. The number of aromatic nitrogens is 1. The molecule has 0 aliphatic carbocycles. The van der Waals surface area contributed by atoms with Gasteiger partial charge in [-0.2, -0.15) is 0 Å². The fourth-order valence-electron chi connectivity index (χ4n) is 1.87. The molecule has 0 saturated heterocycles. The van der Waals surface area contributed by atoms with E-state index in [9.17, 15) is 0 Å². The molecule has 0 saturated carbocycles. The lowest BCUT2D eigenvalue weighted by atomic mass is 10.1. The first-order valence-electron chi connectivity index (χ1n) is 5.55. The van der Waals surface area contributed by atoms with Crippen LogP contribution in [0, 0.1) is 0 Å². The van der Waals surface area contributed by atoms with Crippen molar-refractivity contribution >= 4 is 43.7 Å². The van der Waals surface area contributed by atoms with E-state index in [0.29, 0.717) is 5.02 Å². The molecule has 3 heterocycles. The fraction of sp³-hybridized carbons (Fsp3) is 0.154. The van der Waals surface area contributed by atoms with Crippen LogP contribution in [-0.2, 0) is 6.42 Å². The predicted octanol–water partition coefficient (Wildman–Crippen LogP) is 4.25. The molecule has 2 nitrogen and oxygen atoms in total. The number of nitrogens with two attached hydrogens (primary N) is 1. The summed E-state index contributed by atoms with van der Waals surface area (Å²) in [4.78, 5) is 5.20. The number of pyridine rings is 1. The molecule has 92 valence electrons. The minimum Gasteiger partial charge on any atom is -0.323 e. The molecule has 0 aliphatic heterocycles. The topological polar surface area (TPSA) is 38.9 Å². The van der Waals surface area contributed by atoms with Crippen LogP contribution >= 0.6 is 34.3 Å². The molecule has 0 amide bonds. The maximum absolute atomic E-state index is 6.25. The average Bonchev–Trinajstić information content (AvgIpc) is 2.92. The molecule has 0 aromatic carbocycles. The minimum absolute atomic E-state index is 0.00509. The lowest BCUT2D eigenvalue weighted by Crippen LogP contribution is -2.12. The second kappa shape index (κ2) is 4.97. The van der Waals surface area contributed by atoms with Gasteiger partial charge in [-0.25, -0.2) is 0 Å². The van der Waals surface area contributed by atoms with Crippen molar-refractivity contribution in [2.75, 3.05) is 0 Å². The molecule has 3 aromatic rings. The van der Waals surface area contributed by atoms with Gasteiger partial charge in [-0.3, -0.25) is 4.98 Å². The SMILES string of the molecule is NC(Cc1ccncc1Cl)c1cc2sccc2s1. The van der Waals surface area contributed by atoms with Crippen LogP contribution in [0.4, 0.5) is 0 Å². The quantitative estimate of drug-likeness (QED) is 0.784. The molecule has 18 heavy (non-hydrogen) atoms. The van der Waals surface area contributed by atoms with Crippen molar-refractivity contribution < 1.29 is 0 Å². The van der Waals surface area contributed by atoms with Crippen LogP contribution in [0.25, 0.3) is 9.40 Å². The molecule has 3 aromatic heterocycles. The van der Waals surface area contributed by atoms with Crippen LogP contribution in [0.5, 0.6) is 0 Å². The third-order valence-corrected chi connectivity index (χ3v) is 5.39. The number of hydrogen-bond donors (Lipinski definition) is 1. The zero-order valence-electron chi connectivity index (χ0n) is 9.47. The van der Waals surface area contributed by atoms with E-state index in [1.54, 1.807) is 35.1 Å². The van der Waals surface area contributed by atoms with Gasteiger partial charge in [0.15, 0.2) is 0 Å². The van der Waals surface area contributed by atoms with E-state index in [1.165, 1.54) is 14.3 Å². The highest BCUT2D eigenvalue weighted by Crippen LogP contribution is 2.34. The second-order valence-electron chi connectivity index (χ2n) is 4.08. The van der Waals surface area contributed by atoms with Gasteiger partial charge in [0.2, 0.25) is 0 Å². The largest absolute Gasteiger partial charge is 0.323 e. The van der Waals surface area contributed by atoms with E-state index < -0.39 is 0 Å². The highest BCUT2D eigenvalue weighted by atomic mass is 35.5. The minimum atomic E-state index is -0.00509. The molecular formula is C13H11ClN2S2. The van der Waals surface area contributed by atoms with Crippen LogP contribution in [0.2, 0.25) is 5.02 Å². The van der Waals surface area contributed by atoms with E-state index in [2.05, 4.69) is 22.5 Å². The number of nitrogens with zero attached hydrogens (tertiary/aromatic N) is 1. The molecule has 0 radical (unpaired) electrons. The van der Waals surface area contributed by atoms with Gasteiger partial charge >= 0.3 is 0 Å². The third kappa shape index (κ3) is 2.29. The molecule has 0 spiro atoms. The lowest BCUT2D eigenvalue weighted by molar-refractivity contribution is 0.736. The Bertz CT molecular complexity index is 646. The third-order valence-electron chi connectivity index (χ3n) is 2.82. The van der Waals surface area contributed by atoms with E-state index in [-0.39, 0.29) is 6.04 Å². The van der Waals surface area contributed by atoms with Crippen molar-refractivity contribution in [1.29, 1.82) is 0 Å². The van der Waals surface area contributed by atoms with Crippen LogP contribution in [0.15, 0.2) is 36.0 Å². The fourth-order valence-corrected chi connectivity index (χ4v) is 4.19. The first kappa shape index (κ1) is 12.1. The Kier molecular flexibility index (Phi) is 3.35. The van der Waals surface area contributed by atoms with E-state index in [4.69, 9.17) is 17.3 Å². The summed E-state index contributed by atoms with van der Waals surface area (Å²) >= 11 is 9.62. The number of thiophene rings is 2. The maximum atomic E-state index is 6.25. The van der Waals surface area contributed by atoms with Gasteiger partial charge in [-0.05, 0) is 35.6 Å². The standard InChI is InChI=1S/C13H11ClN2S2/c14-9-7-16-3-1-8(9)5-10(15)12-6-13-11(18-12)2-4-17-13/h1-4,6-7,10H,5,15H2. The van der Waals surface area contributed by atoms with Crippen molar-refractivity contribution in [3.05, 3.63) is 51.4 Å². The summed E-state index contributed by atoms with van der Waals surface area (Å²) in [6.07, 6.45) is 4.16. The monoisotopic (exact) mass is 294 g/mol. The Morgan fingerprint density at radius 1 is 1.33 bits per heavy atom. The summed E-state index contributed by atoms with van der Waals surface area (Å²) < 4.78 is 2.62. The van der Waals surface area contributed by atoms with Gasteiger partial charge in [0, 0.05) is 32.7 Å². The Morgan fingerprint density at radius 2 is 2.22 bits per heavy atom. The van der Waals surface area contributed by atoms with Crippen LogP contribution in [-0.4, -0.2) is 4.98 Å². The zero-order valence-corrected chi connectivity index (χ0v) is 11.9. The highest BCUT2D eigenvalue weighted by molar-refractivity contribution is 7.26. The number of fused-ring (bicyclic) bond motifs is 1. The molecule has 0 aliphatic rings. The molecule has 3 rings (SSSR count). The van der Waals surface area contributed by atoms with Gasteiger partial charge in [0.1, 0.15) is 0 Å². The van der Waals surface area contributed by atoms with Gasteiger partial charge in [-0.15, -0.1) is 22.7 Å². The van der Waals surface area contributed by atoms with E-state index in [1.807, 2.05) is 6.07 Å². The van der Waals surface area contributed by atoms with Crippen LogP contribution < -0.4 is 5.73 Å². The Hall–Kier alpha value is -0.940. The Balaban J connectivity index is 1.85. The summed E-state index contributed by atoms with van der Waals surface area (Å²) in [5.41, 5.74) is 7.31. The molecular weight excluding hydrogens is 284 g/mol. The molecule has 0 bridgehead atoms. The molecule has 5 heteroatoms. The Morgan fingerprint density at radius 3 is 3.00 bits per heavy atom. The summed E-state index contributed by atoms with van der Waals surface area (Å²) in [7, 11) is 0.